The Balaban J connectivity index is 0.000000220. The lowest BCUT2D eigenvalue weighted by atomic mass is 9.65. The molecule has 10 atom stereocenters. The normalized spacial score (nSPS) is 26.4. The Morgan fingerprint density at radius 3 is 1.41 bits per heavy atom. The minimum atomic E-state index is -2.45. The molecule has 15 nitrogen and oxygen atoms in total. The predicted molar refractivity (Wildman–Crippen MR) is 315 cm³/mol. The van der Waals surface area contributed by atoms with Gasteiger partial charge in [-0.15, -0.1) is 11.8 Å². The first-order valence-corrected chi connectivity index (χ1v) is 34.2. The molecule has 0 saturated heterocycles. The van der Waals surface area contributed by atoms with E-state index in [-0.39, 0.29) is 56.3 Å². The summed E-state index contributed by atoms with van der Waals surface area (Å²) in [5.41, 5.74) is -1.43. The first-order valence-electron chi connectivity index (χ1n) is 26.6. The second kappa shape index (κ2) is 24.2. The SMILES string of the molecule is CC#N.CN(C)[C@@H]1c2onc(OCc3ccccc3)c2C(=O)[C@@]2(O)[C@H](O[Si](C)(C)C(C)(C)C)[C@@H](Br)C=C[C@@H]12.CN(C)[C@@H]1c2onc(OCc3ccccc3)c2C(=O)[C@@]2(O)[C@H](O[Si](C)(C)C(C)(C)C)[C@H](Sc3ccccc3)C=C[C@@H]12. The monoisotopic (exact) mass is 1200 g/mol. The molecule has 19 heteroatoms. The van der Waals surface area contributed by atoms with Crippen LogP contribution in [0.3, 0.4) is 0 Å². The van der Waals surface area contributed by atoms with Crippen molar-refractivity contribution in [2.45, 2.75) is 148 Å². The Morgan fingerprint density at radius 2 is 1.01 bits per heavy atom. The second-order valence-corrected chi connectivity index (χ2v) is 35.9. The molecule has 2 aromatic heterocycles. The van der Waals surface area contributed by atoms with E-state index in [4.69, 9.17) is 32.6 Å². The van der Waals surface area contributed by atoms with Gasteiger partial charge in [-0.05, 0) is 98.0 Å². The van der Waals surface area contributed by atoms with Crippen LogP contribution in [0, 0.1) is 23.2 Å². The third kappa shape index (κ3) is 12.3. The van der Waals surface area contributed by atoms with E-state index in [9.17, 15) is 19.8 Å². The standard InChI is InChI=1S/C32H40N2O5SSi.C26H35BrN2O5Si.C2H3N/c1-31(2,3)41(6,7)39-29-24(40-22-16-12-9-13-17-22)19-18-23-26(34(4)5)27-25(28(35)32(23,29)36)30(33-38-27)37-20-21-14-10-8-11-15-21;1-25(2,3)35(6,7)34-23-18(27)14-13-17-20(29(4)5)21-19(22(30)26(17,23)31)24(28-33-21)32-15-16-11-9-8-10-12-16;1-2-3/h8-19,23-24,26,29,36H,20H2,1-7H3;8-14,17-18,20,23,31H,15H2,1-7H3;1H3/t23-,24+,26-,29+,32+;17-,18-,20-,23+,26+;/m00./s1. The number of hydrogen-bond donors (Lipinski definition) is 2. The highest BCUT2D eigenvalue weighted by atomic mass is 79.9. The van der Waals surface area contributed by atoms with Gasteiger partial charge in [0.1, 0.15) is 24.3 Å². The molecule has 0 saturated carbocycles. The summed E-state index contributed by atoms with van der Waals surface area (Å²) in [6.45, 7) is 23.4. The van der Waals surface area contributed by atoms with Gasteiger partial charge in [-0.3, -0.25) is 19.4 Å². The van der Waals surface area contributed by atoms with Crippen molar-refractivity contribution < 1.29 is 47.2 Å². The van der Waals surface area contributed by atoms with Crippen LogP contribution in [0.25, 0.3) is 0 Å². The fourth-order valence-electron chi connectivity index (χ4n) is 10.0. The molecule has 3 aromatic carbocycles. The third-order valence-corrected chi connectivity index (χ3v) is 27.2. The number of Topliss-reactive ketones (excluding diaryl/α,β-unsaturated/α-hetero) is 2. The zero-order valence-electron chi connectivity index (χ0n) is 48.2. The van der Waals surface area contributed by atoms with Crippen molar-refractivity contribution in [3.8, 4) is 17.8 Å². The largest absolute Gasteiger partial charge is 0.470 e. The van der Waals surface area contributed by atoms with Crippen LogP contribution in [0.1, 0.15) is 104 Å². The predicted octanol–water partition coefficient (Wildman–Crippen LogP) is 12.2. The maximum absolute atomic E-state index is 14.6. The highest BCUT2D eigenvalue weighted by Crippen LogP contribution is 2.56. The molecule has 424 valence electrons. The van der Waals surface area contributed by atoms with Crippen molar-refractivity contribution in [2.24, 2.45) is 11.8 Å². The number of aliphatic hydroxyl groups is 2. The van der Waals surface area contributed by atoms with Gasteiger partial charge < -0.3 is 37.6 Å². The summed E-state index contributed by atoms with van der Waals surface area (Å²) in [6.07, 6.45) is 6.33. The molecular weight excluding hydrogens is 1120 g/mol. The highest BCUT2D eigenvalue weighted by Gasteiger charge is 2.66. The van der Waals surface area contributed by atoms with Crippen LogP contribution in [0.5, 0.6) is 11.8 Å². The summed E-state index contributed by atoms with van der Waals surface area (Å²) < 4.78 is 37.3. The molecule has 2 heterocycles. The number of aromatic nitrogens is 2. The molecule has 5 aromatic rings. The minimum Gasteiger partial charge on any atom is -0.470 e. The van der Waals surface area contributed by atoms with Gasteiger partial charge in [0, 0.05) is 23.7 Å². The molecule has 0 aliphatic heterocycles. The number of nitrogens with zero attached hydrogens (tertiary/aromatic N) is 5. The molecule has 0 fully saturated rings. The lowest BCUT2D eigenvalue weighted by molar-refractivity contribution is -0.0921. The fraction of sp³-hybridized carbons (Fsp3) is 0.483. The molecule has 0 unspecified atom stereocenters. The van der Waals surface area contributed by atoms with Gasteiger partial charge >= 0.3 is 0 Å². The van der Waals surface area contributed by atoms with Gasteiger partial charge in [-0.25, -0.2) is 0 Å². The van der Waals surface area contributed by atoms with E-state index in [0.29, 0.717) is 11.5 Å². The first-order chi connectivity index (χ1) is 37.0. The van der Waals surface area contributed by atoms with Crippen LogP contribution in [-0.2, 0) is 22.1 Å². The van der Waals surface area contributed by atoms with Gasteiger partial charge in [0.05, 0.1) is 40.4 Å². The first kappa shape index (κ1) is 61.6. The van der Waals surface area contributed by atoms with Crippen LogP contribution < -0.4 is 9.47 Å². The minimum absolute atomic E-state index is 0.0966. The molecule has 0 spiro atoms. The average molecular weight is 1200 g/mol. The number of rotatable bonds is 14. The highest BCUT2D eigenvalue weighted by molar-refractivity contribution is 9.09. The van der Waals surface area contributed by atoms with Crippen LogP contribution in [0.4, 0.5) is 0 Å². The number of ketones is 2. The Bertz CT molecular complexity index is 3010. The van der Waals surface area contributed by atoms with Gasteiger partial charge in [0.25, 0.3) is 11.8 Å². The number of carbonyl (C=O) groups is 2. The van der Waals surface area contributed by atoms with Gasteiger partial charge in [0.2, 0.25) is 11.6 Å². The van der Waals surface area contributed by atoms with Crippen molar-refractivity contribution in [3.63, 3.8) is 0 Å². The van der Waals surface area contributed by atoms with Crippen molar-refractivity contribution in [1.82, 2.24) is 20.1 Å². The van der Waals surface area contributed by atoms with Crippen molar-refractivity contribution in [2.75, 3.05) is 28.2 Å². The van der Waals surface area contributed by atoms with E-state index in [2.05, 4.69) is 100 Å². The smallest absolute Gasteiger partial charge is 0.265 e. The summed E-state index contributed by atoms with van der Waals surface area (Å²) >= 11 is 5.28. The lowest BCUT2D eigenvalue weighted by Gasteiger charge is -2.53. The molecule has 0 bridgehead atoms. The topological polar surface area (TPSA) is 194 Å². The number of carbonyl (C=O) groups excluding carboxylic acids is 2. The van der Waals surface area contributed by atoms with Crippen LogP contribution >= 0.6 is 27.7 Å². The molecular formula is C60H78BrN5O10SSi2. The Kier molecular flexibility index (Phi) is 18.9. The quantitative estimate of drug-likeness (QED) is 0.0605. The van der Waals surface area contributed by atoms with E-state index in [1.165, 1.54) is 6.92 Å². The Labute approximate surface area is 481 Å². The van der Waals surface area contributed by atoms with Crippen LogP contribution in [-0.4, -0.2) is 120 Å². The van der Waals surface area contributed by atoms with E-state index >= 15 is 0 Å². The fourth-order valence-corrected chi connectivity index (χ4v) is 14.8. The Hall–Kier alpha value is -4.99. The van der Waals surface area contributed by atoms with Crippen molar-refractivity contribution in [3.05, 3.63) is 149 Å². The van der Waals surface area contributed by atoms with Gasteiger partial charge in [0.15, 0.2) is 39.4 Å². The number of halogens is 1. The second-order valence-electron chi connectivity index (χ2n) is 24.1. The van der Waals surface area contributed by atoms with Crippen LogP contribution in [0.15, 0.2) is 129 Å². The molecule has 4 aliphatic rings. The summed E-state index contributed by atoms with van der Waals surface area (Å²) in [6, 6.07) is 30.2. The number of ether oxygens (including phenoxy) is 2. The average Bonchev–Trinajstić information content (AvgIpc) is 4.25. The summed E-state index contributed by atoms with van der Waals surface area (Å²) in [5.74, 6) is -1.11. The maximum atomic E-state index is 14.6. The van der Waals surface area contributed by atoms with Crippen molar-refractivity contribution in [1.29, 1.82) is 5.26 Å². The number of fused-ring (bicyclic) bond motifs is 4. The van der Waals surface area contributed by atoms with Gasteiger partial charge in [-0.1, -0.05) is 161 Å². The zero-order chi connectivity index (χ0) is 58.0. The van der Waals surface area contributed by atoms with Gasteiger partial charge in [-0.2, -0.15) is 5.26 Å². The van der Waals surface area contributed by atoms with Crippen LogP contribution in [0.2, 0.25) is 36.3 Å². The Morgan fingerprint density at radius 1 is 0.646 bits per heavy atom. The summed E-state index contributed by atoms with van der Waals surface area (Å²) in [5, 5.41) is 40.3. The number of benzene rings is 3. The zero-order valence-corrected chi connectivity index (χ0v) is 52.6. The van der Waals surface area contributed by atoms with E-state index in [1.54, 1.807) is 17.8 Å². The number of hydrogen-bond acceptors (Lipinski definition) is 16. The van der Waals surface area contributed by atoms with E-state index in [1.807, 2.05) is 147 Å². The summed E-state index contributed by atoms with van der Waals surface area (Å²) in [7, 11) is 2.84. The maximum Gasteiger partial charge on any atom is 0.265 e. The molecule has 4 aliphatic carbocycles. The van der Waals surface area contributed by atoms with E-state index in [0.717, 1.165) is 16.0 Å². The molecule has 0 amide bonds. The number of nitriles is 1. The number of thioether (sulfide) groups is 1. The molecule has 79 heavy (non-hydrogen) atoms. The molecule has 9 rings (SSSR count). The summed E-state index contributed by atoms with van der Waals surface area (Å²) in [4.78, 5) is 33.4. The molecule has 0 radical (unpaired) electrons. The lowest BCUT2D eigenvalue weighted by Crippen LogP contribution is -2.67. The number of alkyl halides is 1. The third-order valence-electron chi connectivity index (χ3n) is 16.3. The van der Waals surface area contributed by atoms with Crippen molar-refractivity contribution >= 4 is 55.9 Å². The molecule has 2 N–H and O–H groups in total. The van der Waals surface area contributed by atoms with E-state index < -0.39 is 75.5 Å².